The molecule has 2 saturated heterocycles. The molecule has 132 valence electrons. The summed E-state index contributed by atoms with van der Waals surface area (Å²) in [5.74, 6) is 0.0431. The zero-order valence-electron chi connectivity index (χ0n) is 14.9. The van der Waals surface area contributed by atoms with Gasteiger partial charge in [-0.3, -0.25) is 9.78 Å². The smallest absolute Gasteiger partial charge is 0.272 e. The molecule has 2 aliphatic heterocycles. The van der Waals surface area contributed by atoms with E-state index in [2.05, 4.69) is 23.7 Å². The van der Waals surface area contributed by atoms with Crippen molar-refractivity contribution in [1.82, 2.24) is 14.8 Å². The minimum atomic E-state index is -0.0353. The number of piperidine rings is 1. The summed E-state index contributed by atoms with van der Waals surface area (Å²) in [6.07, 6.45) is 5.77. The van der Waals surface area contributed by atoms with Gasteiger partial charge in [-0.2, -0.15) is 0 Å². The van der Waals surface area contributed by atoms with E-state index in [1.165, 1.54) is 0 Å². The zero-order valence-corrected chi connectivity index (χ0v) is 14.9. The van der Waals surface area contributed by atoms with Crippen molar-refractivity contribution in [1.29, 1.82) is 0 Å². The maximum absolute atomic E-state index is 12.6. The average Bonchev–Trinajstić information content (AvgIpc) is 2.64. The van der Waals surface area contributed by atoms with E-state index < -0.39 is 0 Å². The number of nitrogens with zero attached hydrogens (tertiary/aromatic N) is 3. The van der Waals surface area contributed by atoms with Gasteiger partial charge in [-0.05, 0) is 50.9 Å². The molecular weight excluding hydrogens is 302 g/mol. The third-order valence-corrected chi connectivity index (χ3v) is 5.64. The van der Waals surface area contributed by atoms with Gasteiger partial charge in [0.25, 0.3) is 5.91 Å². The van der Waals surface area contributed by atoms with E-state index in [-0.39, 0.29) is 11.5 Å². The number of ether oxygens (including phenoxy) is 1. The molecule has 0 aromatic carbocycles. The van der Waals surface area contributed by atoms with Crippen LogP contribution < -0.4 is 0 Å². The number of pyridine rings is 1. The van der Waals surface area contributed by atoms with E-state index in [0.29, 0.717) is 11.7 Å². The summed E-state index contributed by atoms with van der Waals surface area (Å²) >= 11 is 0. The first-order chi connectivity index (χ1) is 11.7. The van der Waals surface area contributed by atoms with Crippen molar-refractivity contribution in [3.63, 3.8) is 0 Å². The number of hydrogen-bond acceptors (Lipinski definition) is 4. The molecule has 0 aliphatic carbocycles. The number of aromatic nitrogens is 1. The molecule has 0 saturated carbocycles. The Labute approximate surface area is 145 Å². The van der Waals surface area contributed by atoms with Gasteiger partial charge in [0, 0.05) is 31.9 Å². The van der Waals surface area contributed by atoms with Crippen LogP contribution in [-0.2, 0) is 4.74 Å². The van der Waals surface area contributed by atoms with Gasteiger partial charge in [0.15, 0.2) is 0 Å². The minimum absolute atomic E-state index is 0.0353. The summed E-state index contributed by atoms with van der Waals surface area (Å²) in [5.41, 5.74) is 0.505. The molecule has 0 bridgehead atoms. The fourth-order valence-corrected chi connectivity index (χ4v) is 4.17. The number of hydrogen-bond donors (Lipinski definition) is 0. The van der Waals surface area contributed by atoms with Crippen molar-refractivity contribution in [2.75, 3.05) is 32.8 Å². The van der Waals surface area contributed by atoms with E-state index in [0.717, 1.165) is 58.5 Å². The van der Waals surface area contributed by atoms with Gasteiger partial charge in [0.1, 0.15) is 5.69 Å². The molecule has 1 atom stereocenters. The summed E-state index contributed by atoms with van der Waals surface area (Å²) in [5, 5.41) is 0. The topological polar surface area (TPSA) is 45.7 Å². The highest BCUT2D eigenvalue weighted by Gasteiger charge is 2.42. The van der Waals surface area contributed by atoms with Gasteiger partial charge in [0.05, 0.1) is 5.60 Å². The number of rotatable bonds is 4. The van der Waals surface area contributed by atoms with Crippen LogP contribution in [0.25, 0.3) is 0 Å². The largest absolute Gasteiger partial charge is 0.375 e. The van der Waals surface area contributed by atoms with Gasteiger partial charge in [-0.25, -0.2) is 0 Å². The predicted molar refractivity (Wildman–Crippen MR) is 94.0 cm³/mol. The van der Waals surface area contributed by atoms with E-state index in [4.69, 9.17) is 4.74 Å². The highest BCUT2D eigenvalue weighted by atomic mass is 16.5. The van der Waals surface area contributed by atoms with Gasteiger partial charge in [-0.1, -0.05) is 19.9 Å². The first-order valence-corrected chi connectivity index (χ1v) is 9.26. The molecular formula is C19H29N3O2. The van der Waals surface area contributed by atoms with Crippen LogP contribution in [0.3, 0.4) is 0 Å². The van der Waals surface area contributed by atoms with Crippen LogP contribution in [0.4, 0.5) is 0 Å². The molecule has 1 spiro atoms. The molecule has 1 aromatic heterocycles. The summed E-state index contributed by atoms with van der Waals surface area (Å²) in [6.45, 7) is 9.04. The number of likely N-dealkylation sites (tertiary alicyclic amines) is 1. The van der Waals surface area contributed by atoms with Crippen molar-refractivity contribution in [2.24, 2.45) is 0 Å². The van der Waals surface area contributed by atoms with E-state index in [1.54, 1.807) is 12.3 Å². The van der Waals surface area contributed by atoms with Crippen LogP contribution in [0.15, 0.2) is 24.4 Å². The summed E-state index contributed by atoms with van der Waals surface area (Å²) in [6, 6.07) is 6.11. The van der Waals surface area contributed by atoms with Gasteiger partial charge in [-0.15, -0.1) is 0 Å². The third-order valence-electron chi connectivity index (χ3n) is 5.64. The van der Waals surface area contributed by atoms with Crippen LogP contribution in [0.5, 0.6) is 0 Å². The lowest BCUT2D eigenvalue weighted by molar-refractivity contribution is -0.129. The molecule has 24 heavy (non-hydrogen) atoms. The second-order valence-corrected chi connectivity index (χ2v) is 6.91. The highest BCUT2D eigenvalue weighted by Crippen LogP contribution is 2.36. The number of amides is 1. The van der Waals surface area contributed by atoms with Crippen molar-refractivity contribution in [3.8, 4) is 0 Å². The first kappa shape index (κ1) is 17.4. The Hall–Kier alpha value is -1.46. The summed E-state index contributed by atoms with van der Waals surface area (Å²) in [7, 11) is 0. The van der Waals surface area contributed by atoms with E-state index in [1.807, 2.05) is 17.0 Å². The molecule has 3 heterocycles. The van der Waals surface area contributed by atoms with Crippen molar-refractivity contribution in [2.45, 2.75) is 51.2 Å². The normalized spacial score (nSPS) is 23.6. The predicted octanol–water partition coefficient (Wildman–Crippen LogP) is 2.58. The zero-order chi connectivity index (χ0) is 17.0. The number of carbonyl (C=O) groups excluding carboxylic acids is 1. The second kappa shape index (κ2) is 7.62. The average molecular weight is 331 g/mol. The molecule has 3 rings (SSSR count). The van der Waals surface area contributed by atoms with Gasteiger partial charge in [0.2, 0.25) is 0 Å². The molecule has 0 radical (unpaired) electrons. The number of carbonyl (C=O) groups is 1. The lowest BCUT2D eigenvalue weighted by Crippen LogP contribution is -2.54. The quantitative estimate of drug-likeness (QED) is 0.851. The lowest BCUT2D eigenvalue weighted by Gasteiger charge is -2.48. The maximum atomic E-state index is 12.6. The first-order valence-electron chi connectivity index (χ1n) is 9.26. The second-order valence-electron chi connectivity index (χ2n) is 6.91. The van der Waals surface area contributed by atoms with Crippen LogP contribution in [0, 0.1) is 0 Å². The minimum Gasteiger partial charge on any atom is -0.375 e. The molecule has 2 fully saturated rings. The third kappa shape index (κ3) is 3.62. The van der Waals surface area contributed by atoms with Crippen molar-refractivity contribution in [3.05, 3.63) is 30.1 Å². The van der Waals surface area contributed by atoms with Crippen molar-refractivity contribution < 1.29 is 9.53 Å². The standard InChI is InChI=1S/C19H29N3O2/c1-3-21(4-2)16-8-14-24-19(15-16)9-12-22(13-10-19)18(23)17-7-5-6-11-20-17/h5-7,11,16H,3-4,8-10,12-15H2,1-2H3. The van der Waals surface area contributed by atoms with Gasteiger partial charge < -0.3 is 14.5 Å². The Morgan fingerprint density at radius 2 is 2.08 bits per heavy atom. The molecule has 1 unspecified atom stereocenters. The monoisotopic (exact) mass is 331 g/mol. The van der Waals surface area contributed by atoms with Crippen LogP contribution >= 0.6 is 0 Å². The Morgan fingerprint density at radius 3 is 2.71 bits per heavy atom. The summed E-state index contributed by atoms with van der Waals surface area (Å²) < 4.78 is 6.23. The van der Waals surface area contributed by atoms with Crippen LogP contribution in [0.2, 0.25) is 0 Å². The Morgan fingerprint density at radius 1 is 1.33 bits per heavy atom. The van der Waals surface area contributed by atoms with E-state index >= 15 is 0 Å². The molecule has 1 aromatic rings. The highest BCUT2D eigenvalue weighted by molar-refractivity contribution is 5.92. The molecule has 5 nitrogen and oxygen atoms in total. The lowest BCUT2D eigenvalue weighted by atomic mass is 9.81. The van der Waals surface area contributed by atoms with Crippen LogP contribution in [0.1, 0.15) is 50.0 Å². The maximum Gasteiger partial charge on any atom is 0.272 e. The molecule has 2 aliphatic rings. The van der Waals surface area contributed by atoms with E-state index in [9.17, 15) is 4.79 Å². The molecule has 5 heteroatoms. The van der Waals surface area contributed by atoms with Crippen molar-refractivity contribution >= 4 is 5.91 Å². The Balaban J connectivity index is 1.60. The fraction of sp³-hybridized carbons (Fsp3) is 0.684. The Bertz CT molecular complexity index is 537. The summed E-state index contributed by atoms with van der Waals surface area (Å²) in [4.78, 5) is 21.2. The SMILES string of the molecule is CCN(CC)C1CCOC2(CCN(C(=O)c3ccccn3)CC2)C1. The fourth-order valence-electron chi connectivity index (χ4n) is 4.17. The Kier molecular flexibility index (Phi) is 5.51. The molecule has 0 N–H and O–H groups in total. The van der Waals surface area contributed by atoms with Crippen LogP contribution in [-0.4, -0.2) is 65.1 Å². The van der Waals surface area contributed by atoms with Gasteiger partial charge >= 0.3 is 0 Å². The molecule has 1 amide bonds.